The molecule has 2 aliphatic rings. The highest BCUT2D eigenvalue weighted by atomic mass is 17.1. The fraction of sp³-hybridized carbons (Fsp3) is 1.00. The molecule has 0 spiro atoms. The van der Waals surface area contributed by atoms with E-state index in [1.807, 2.05) is 6.92 Å². The molecule has 0 radical (unpaired) electrons. The Hall–Kier alpha value is -0.760. The maximum absolute atomic E-state index is 10.2. The molecule has 0 saturated carbocycles. The number of hydrogen-bond acceptors (Lipinski definition) is 19. The zero-order valence-electron chi connectivity index (χ0n) is 31.4. The highest BCUT2D eigenvalue weighted by molar-refractivity contribution is 5.00. The second-order valence-corrected chi connectivity index (χ2v) is 13.4. The summed E-state index contributed by atoms with van der Waals surface area (Å²) in [6, 6.07) is 0. The Morgan fingerprint density at radius 3 is 1.77 bits per heavy atom. The third kappa shape index (κ3) is 14.1. The number of methoxy groups -OCH3 is 1. The van der Waals surface area contributed by atoms with Crippen LogP contribution in [0.1, 0.15) is 41.5 Å². The first-order valence-electron chi connectivity index (χ1n) is 17.7. The summed E-state index contributed by atoms with van der Waals surface area (Å²) in [6.07, 6.45) is -13.8. The normalized spacial score (nSPS) is 33.1. The van der Waals surface area contributed by atoms with Gasteiger partial charge in [-0.15, -0.1) is 0 Å². The number of aliphatic hydroxyl groups excluding tert-OH is 6. The van der Waals surface area contributed by atoms with Crippen LogP contribution in [0, 0.1) is 5.92 Å². The molecule has 19 heteroatoms. The summed E-state index contributed by atoms with van der Waals surface area (Å²) >= 11 is 0. The fourth-order valence-corrected chi connectivity index (χ4v) is 5.51. The summed E-state index contributed by atoms with van der Waals surface area (Å²) in [4.78, 5) is 4.89. The number of rotatable bonds is 28. The molecule has 2 aliphatic heterocycles. The molecule has 52 heavy (non-hydrogen) atoms. The first-order chi connectivity index (χ1) is 24.9. The lowest BCUT2D eigenvalue weighted by atomic mass is 9.97. The van der Waals surface area contributed by atoms with Crippen molar-refractivity contribution >= 4 is 0 Å². The Morgan fingerprint density at radius 1 is 0.635 bits per heavy atom. The summed E-state index contributed by atoms with van der Waals surface area (Å²) in [6.45, 7) is 7.18. The van der Waals surface area contributed by atoms with Crippen LogP contribution < -0.4 is 0 Å². The van der Waals surface area contributed by atoms with Gasteiger partial charge >= 0.3 is 0 Å². The second kappa shape index (κ2) is 24.7. The fourth-order valence-electron chi connectivity index (χ4n) is 5.51. The lowest BCUT2D eigenvalue weighted by molar-refractivity contribution is -0.409. The van der Waals surface area contributed by atoms with E-state index < -0.39 is 105 Å². The van der Waals surface area contributed by atoms with Crippen molar-refractivity contribution in [1.82, 2.24) is 0 Å². The Bertz CT molecular complexity index is 923. The summed E-state index contributed by atoms with van der Waals surface area (Å²) in [5.74, 6) is -2.20. The molecule has 0 amide bonds. The Labute approximate surface area is 305 Å². The van der Waals surface area contributed by atoms with Gasteiger partial charge in [-0.2, -0.15) is 0 Å². The van der Waals surface area contributed by atoms with Gasteiger partial charge < -0.3 is 82.7 Å². The highest BCUT2D eigenvalue weighted by Gasteiger charge is 2.63. The topological polar surface area (TPSA) is 252 Å². The van der Waals surface area contributed by atoms with E-state index in [2.05, 4.69) is 0 Å². The van der Waals surface area contributed by atoms with Crippen molar-refractivity contribution in [2.75, 3.05) is 79.8 Å². The van der Waals surface area contributed by atoms with Crippen LogP contribution >= 0.6 is 0 Å². The highest BCUT2D eigenvalue weighted by Crippen LogP contribution is 2.42. The minimum Gasteiger partial charge on any atom is -0.394 e. The molecule has 7 N–H and O–H groups in total. The Morgan fingerprint density at radius 2 is 1.21 bits per heavy atom. The van der Waals surface area contributed by atoms with Gasteiger partial charge in [0.25, 0.3) is 0 Å². The van der Waals surface area contributed by atoms with Crippen LogP contribution in [0.4, 0.5) is 0 Å². The molecule has 2 fully saturated rings. The maximum Gasteiger partial charge on any atom is 0.226 e. The quantitative estimate of drug-likeness (QED) is 0.0350. The van der Waals surface area contributed by atoms with Gasteiger partial charge in [-0.3, -0.25) is 5.26 Å². The molecule has 15 atom stereocenters. The monoisotopic (exact) mass is 764 g/mol. The molecule has 0 aliphatic carbocycles. The minimum atomic E-state index is -2.08. The van der Waals surface area contributed by atoms with E-state index in [-0.39, 0.29) is 52.2 Å². The van der Waals surface area contributed by atoms with Crippen molar-refractivity contribution in [2.24, 2.45) is 5.92 Å². The van der Waals surface area contributed by atoms with Crippen LogP contribution in [0.25, 0.3) is 0 Å². The van der Waals surface area contributed by atoms with E-state index >= 15 is 0 Å². The Kier molecular flexibility index (Phi) is 22.5. The molecule has 0 bridgehead atoms. The van der Waals surface area contributed by atoms with Gasteiger partial charge in [-0.05, 0) is 34.6 Å². The summed E-state index contributed by atoms with van der Waals surface area (Å²) in [7, 11) is 1.54. The van der Waals surface area contributed by atoms with Crippen LogP contribution in [0.3, 0.4) is 0 Å². The van der Waals surface area contributed by atoms with Gasteiger partial charge in [-0.1, -0.05) is 6.92 Å². The van der Waals surface area contributed by atoms with Crippen molar-refractivity contribution in [1.29, 1.82) is 0 Å². The van der Waals surface area contributed by atoms with Crippen molar-refractivity contribution in [3.05, 3.63) is 0 Å². The average Bonchev–Trinajstić information content (AvgIpc) is 3.43. The molecular formula is C33H64O19. The van der Waals surface area contributed by atoms with E-state index in [4.69, 9.17) is 57.0 Å². The van der Waals surface area contributed by atoms with E-state index in [0.717, 1.165) is 0 Å². The summed E-state index contributed by atoms with van der Waals surface area (Å²) < 4.78 is 67.4. The van der Waals surface area contributed by atoms with Crippen molar-refractivity contribution in [3.8, 4) is 0 Å². The summed E-state index contributed by atoms with van der Waals surface area (Å²) in [5.41, 5.74) is 0. The maximum atomic E-state index is 10.2. The van der Waals surface area contributed by atoms with Crippen LogP contribution in [0.5, 0.6) is 0 Å². The van der Waals surface area contributed by atoms with Gasteiger partial charge in [0.1, 0.15) is 37.1 Å². The number of hydrogen-bond donors (Lipinski definition) is 7. The van der Waals surface area contributed by atoms with Gasteiger partial charge in [0, 0.05) is 13.0 Å². The molecule has 0 aromatic heterocycles. The number of ether oxygens (including phenoxy) is 11. The molecule has 2 rings (SSSR count). The molecule has 19 nitrogen and oxygen atoms in total. The van der Waals surface area contributed by atoms with Crippen LogP contribution in [-0.4, -0.2) is 201 Å². The lowest BCUT2D eigenvalue weighted by Crippen LogP contribution is -2.66. The molecule has 0 aromatic rings. The molecule has 0 aromatic carbocycles. The summed E-state index contributed by atoms with van der Waals surface area (Å²) in [5, 5.41) is 69.4. The van der Waals surface area contributed by atoms with Crippen molar-refractivity contribution in [2.45, 2.75) is 127 Å². The Balaban J connectivity index is 2.75. The predicted molar refractivity (Wildman–Crippen MR) is 178 cm³/mol. The molecule has 2 heterocycles. The molecule has 2 saturated heterocycles. The van der Waals surface area contributed by atoms with E-state index in [1.165, 1.54) is 0 Å². The minimum absolute atomic E-state index is 0.0892. The van der Waals surface area contributed by atoms with Crippen LogP contribution in [0.15, 0.2) is 0 Å². The first-order valence-corrected chi connectivity index (χ1v) is 17.7. The van der Waals surface area contributed by atoms with Crippen LogP contribution in [0.2, 0.25) is 0 Å². The number of aliphatic hydroxyl groups is 6. The SMILES string of the molecule is COCC(C)CO[C@H]1O[C@@](COC(C)CO)(O[C@@H]2OC(COC(C)CO)[C@@H](OC(C)CO)[C@@H](OCCO)C2OC(C)CO)[C@H](OC(C)CO)C1OO. The molecule has 9 unspecified atom stereocenters. The van der Waals surface area contributed by atoms with E-state index in [0.29, 0.717) is 6.61 Å². The standard InChI is InChI=1S/C33H64O19/c1-19(15-41-7)16-44-31-29(52-40)30(48-24(6)14-39)33(50-31,18-45-21(3)11-36)51-32-28(47-23(5)13-38)27(42-9-8-34)26(46-22(4)12-37)25(49-32)17-43-20(2)10-35/h19-32,34-40H,8-18H2,1-7H3/t19?,20?,21?,22?,23?,24?,25?,26-,27-,28?,29?,30-,31+,32+,33+/m1/s1. The predicted octanol–water partition coefficient (Wildman–Crippen LogP) is -1.59. The average molecular weight is 765 g/mol. The van der Waals surface area contributed by atoms with Gasteiger partial charge in [0.15, 0.2) is 18.7 Å². The molecular weight excluding hydrogens is 700 g/mol. The third-order valence-electron chi connectivity index (χ3n) is 8.30. The lowest BCUT2D eigenvalue weighted by Gasteiger charge is -2.49. The first kappa shape index (κ1) is 47.4. The zero-order chi connectivity index (χ0) is 38.8. The second-order valence-electron chi connectivity index (χ2n) is 13.4. The third-order valence-corrected chi connectivity index (χ3v) is 8.30. The van der Waals surface area contributed by atoms with Crippen LogP contribution in [-0.2, 0) is 57.0 Å². The van der Waals surface area contributed by atoms with Gasteiger partial charge in [0.05, 0.1) is 96.6 Å². The zero-order valence-corrected chi connectivity index (χ0v) is 31.4. The van der Waals surface area contributed by atoms with Crippen molar-refractivity contribution in [3.63, 3.8) is 0 Å². The van der Waals surface area contributed by atoms with Gasteiger partial charge in [0.2, 0.25) is 5.79 Å². The van der Waals surface area contributed by atoms with Crippen molar-refractivity contribution < 1.29 is 92.9 Å². The largest absolute Gasteiger partial charge is 0.394 e. The molecule has 310 valence electrons. The van der Waals surface area contributed by atoms with Gasteiger partial charge in [-0.25, -0.2) is 4.89 Å². The smallest absolute Gasteiger partial charge is 0.226 e. The van der Waals surface area contributed by atoms with E-state index in [9.17, 15) is 35.9 Å². The van der Waals surface area contributed by atoms with E-state index in [1.54, 1.807) is 41.7 Å².